The van der Waals surface area contributed by atoms with Crippen molar-refractivity contribution < 1.29 is 14.6 Å². The number of rotatable bonds is 4. The first-order valence-electron chi connectivity index (χ1n) is 6.57. The third-order valence-electron chi connectivity index (χ3n) is 3.17. The van der Waals surface area contributed by atoms with Gasteiger partial charge >= 0.3 is 6.03 Å². The van der Waals surface area contributed by atoms with E-state index < -0.39 is 0 Å². The molecule has 0 saturated carbocycles. The molecule has 5 heteroatoms. The summed E-state index contributed by atoms with van der Waals surface area (Å²) in [6, 6.07) is 9.45. The number of hydrogen-bond donors (Lipinski definition) is 2. The molecule has 1 saturated heterocycles. The summed E-state index contributed by atoms with van der Waals surface area (Å²) in [5.41, 5.74) is 1.10. The number of aliphatic hydroxyl groups is 1. The van der Waals surface area contributed by atoms with Crippen molar-refractivity contribution in [1.29, 1.82) is 0 Å². The van der Waals surface area contributed by atoms with Crippen LogP contribution in [0.3, 0.4) is 0 Å². The van der Waals surface area contributed by atoms with Gasteiger partial charge in [0.05, 0.1) is 25.9 Å². The summed E-state index contributed by atoms with van der Waals surface area (Å²) in [4.78, 5) is 13.7. The molecule has 104 valence electrons. The van der Waals surface area contributed by atoms with Gasteiger partial charge < -0.3 is 20.1 Å². The number of hydrogen-bond acceptors (Lipinski definition) is 3. The second kappa shape index (κ2) is 7.11. The standard InChI is InChI=1S/C14H20N2O3/c17-11-13(10-12-4-2-1-3-5-12)15-14(18)16-6-8-19-9-7-16/h1-5,13,17H,6-11H2,(H,15,18)/t13-/m1/s1. The summed E-state index contributed by atoms with van der Waals surface area (Å²) in [6.07, 6.45) is 0.632. The minimum atomic E-state index is -0.252. The van der Waals surface area contributed by atoms with E-state index >= 15 is 0 Å². The molecule has 2 rings (SSSR count). The Morgan fingerprint density at radius 2 is 2.00 bits per heavy atom. The van der Waals surface area contributed by atoms with E-state index in [1.165, 1.54) is 0 Å². The van der Waals surface area contributed by atoms with E-state index in [0.29, 0.717) is 32.7 Å². The lowest BCUT2D eigenvalue weighted by atomic mass is 10.1. The molecule has 0 bridgehead atoms. The van der Waals surface area contributed by atoms with Gasteiger partial charge in [0, 0.05) is 13.1 Å². The van der Waals surface area contributed by atoms with Gasteiger partial charge in [0.15, 0.2) is 0 Å². The Labute approximate surface area is 113 Å². The van der Waals surface area contributed by atoms with Crippen LogP contribution in [0, 0.1) is 0 Å². The molecule has 1 aromatic carbocycles. The lowest BCUT2D eigenvalue weighted by Crippen LogP contribution is -2.50. The Hall–Kier alpha value is -1.59. The second-order valence-corrected chi connectivity index (χ2v) is 4.62. The third-order valence-corrected chi connectivity index (χ3v) is 3.17. The molecule has 1 heterocycles. The number of carbonyl (C=O) groups is 1. The van der Waals surface area contributed by atoms with Crippen molar-refractivity contribution in [3.63, 3.8) is 0 Å². The maximum Gasteiger partial charge on any atom is 0.317 e. The van der Waals surface area contributed by atoms with Gasteiger partial charge in [0.1, 0.15) is 0 Å². The smallest absolute Gasteiger partial charge is 0.317 e. The number of nitrogens with one attached hydrogen (secondary N) is 1. The molecule has 1 atom stereocenters. The summed E-state index contributed by atoms with van der Waals surface area (Å²) in [6.45, 7) is 2.31. The minimum Gasteiger partial charge on any atom is -0.394 e. The largest absolute Gasteiger partial charge is 0.394 e. The van der Waals surface area contributed by atoms with Gasteiger partial charge in [-0.25, -0.2) is 4.79 Å². The average Bonchev–Trinajstić information content (AvgIpc) is 2.48. The molecule has 0 aliphatic carbocycles. The number of benzene rings is 1. The predicted molar refractivity (Wildman–Crippen MR) is 71.9 cm³/mol. The zero-order chi connectivity index (χ0) is 13.5. The normalized spacial score (nSPS) is 17.0. The van der Waals surface area contributed by atoms with Crippen LogP contribution < -0.4 is 5.32 Å². The molecule has 19 heavy (non-hydrogen) atoms. The third kappa shape index (κ3) is 4.22. The van der Waals surface area contributed by atoms with E-state index in [-0.39, 0.29) is 18.7 Å². The lowest BCUT2D eigenvalue weighted by molar-refractivity contribution is 0.0518. The van der Waals surface area contributed by atoms with Crippen LogP contribution in [0.5, 0.6) is 0 Å². The molecule has 1 aliphatic rings. The topological polar surface area (TPSA) is 61.8 Å². The molecule has 0 spiro atoms. The molecule has 2 N–H and O–H groups in total. The van der Waals surface area contributed by atoms with E-state index in [1.54, 1.807) is 4.90 Å². The molecule has 0 radical (unpaired) electrons. The SMILES string of the molecule is O=C(N[C@@H](CO)Cc1ccccc1)N1CCOCC1. The molecule has 5 nitrogen and oxygen atoms in total. The van der Waals surface area contributed by atoms with Crippen molar-refractivity contribution in [2.45, 2.75) is 12.5 Å². The highest BCUT2D eigenvalue weighted by Gasteiger charge is 2.19. The Kier molecular flexibility index (Phi) is 5.18. The van der Waals surface area contributed by atoms with Crippen LogP contribution in [0.15, 0.2) is 30.3 Å². The summed E-state index contributed by atoms with van der Waals surface area (Å²) < 4.78 is 5.21. The Bertz CT molecular complexity index is 391. The molecule has 2 amide bonds. The van der Waals surface area contributed by atoms with Crippen LogP contribution in [0.2, 0.25) is 0 Å². The summed E-state index contributed by atoms with van der Waals surface area (Å²) in [5, 5.41) is 12.2. The van der Waals surface area contributed by atoms with Gasteiger partial charge in [0.2, 0.25) is 0 Å². The molecular formula is C14H20N2O3. The number of carbonyl (C=O) groups excluding carboxylic acids is 1. The van der Waals surface area contributed by atoms with Crippen molar-refractivity contribution in [1.82, 2.24) is 10.2 Å². The number of aliphatic hydroxyl groups excluding tert-OH is 1. The average molecular weight is 264 g/mol. The molecule has 0 aromatic heterocycles. The lowest BCUT2D eigenvalue weighted by Gasteiger charge is -2.29. The van der Waals surface area contributed by atoms with Gasteiger partial charge in [0.25, 0.3) is 0 Å². The molecular weight excluding hydrogens is 244 g/mol. The number of morpholine rings is 1. The Morgan fingerprint density at radius 3 is 2.63 bits per heavy atom. The van der Waals surface area contributed by atoms with Crippen LogP contribution in [-0.4, -0.2) is 55.0 Å². The monoisotopic (exact) mass is 264 g/mol. The fourth-order valence-electron chi connectivity index (χ4n) is 2.09. The van der Waals surface area contributed by atoms with E-state index in [0.717, 1.165) is 5.56 Å². The summed E-state index contributed by atoms with van der Waals surface area (Å²) in [5.74, 6) is 0. The summed E-state index contributed by atoms with van der Waals surface area (Å²) in [7, 11) is 0. The summed E-state index contributed by atoms with van der Waals surface area (Å²) >= 11 is 0. The van der Waals surface area contributed by atoms with E-state index in [4.69, 9.17) is 4.74 Å². The number of urea groups is 1. The predicted octanol–water partition coefficient (Wildman–Crippen LogP) is 0.632. The fraction of sp³-hybridized carbons (Fsp3) is 0.500. The zero-order valence-electron chi connectivity index (χ0n) is 10.9. The van der Waals surface area contributed by atoms with Gasteiger partial charge in [-0.1, -0.05) is 30.3 Å². The van der Waals surface area contributed by atoms with Crippen LogP contribution in [0.4, 0.5) is 4.79 Å². The first-order chi connectivity index (χ1) is 9.29. The first kappa shape index (κ1) is 13.8. The van der Waals surface area contributed by atoms with E-state index in [1.807, 2.05) is 30.3 Å². The maximum atomic E-state index is 12.0. The highest BCUT2D eigenvalue weighted by atomic mass is 16.5. The van der Waals surface area contributed by atoms with Crippen LogP contribution >= 0.6 is 0 Å². The van der Waals surface area contributed by atoms with Crippen LogP contribution in [0.1, 0.15) is 5.56 Å². The molecule has 1 aliphatic heterocycles. The van der Waals surface area contributed by atoms with Crippen molar-refractivity contribution in [3.8, 4) is 0 Å². The highest BCUT2D eigenvalue weighted by Crippen LogP contribution is 2.04. The second-order valence-electron chi connectivity index (χ2n) is 4.62. The Morgan fingerprint density at radius 1 is 1.32 bits per heavy atom. The van der Waals surface area contributed by atoms with Crippen LogP contribution in [0.25, 0.3) is 0 Å². The zero-order valence-corrected chi connectivity index (χ0v) is 10.9. The molecule has 0 unspecified atom stereocenters. The number of amides is 2. The van der Waals surface area contributed by atoms with Crippen LogP contribution in [-0.2, 0) is 11.2 Å². The van der Waals surface area contributed by atoms with Crippen molar-refractivity contribution >= 4 is 6.03 Å². The van der Waals surface area contributed by atoms with Crippen molar-refractivity contribution in [2.75, 3.05) is 32.9 Å². The van der Waals surface area contributed by atoms with Crippen molar-refractivity contribution in [2.24, 2.45) is 0 Å². The van der Waals surface area contributed by atoms with Gasteiger partial charge in [-0.2, -0.15) is 0 Å². The molecule has 1 aromatic rings. The quantitative estimate of drug-likeness (QED) is 0.838. The minimum absolute atomic E-state index is 0.0645. The van der Waals surface area contributed by atoms with E-state index in [9.17, 15) is 9.90 Å². The fourth-order valence-corrected chi connectivity index (χ4v) is 2.09. The van der Waals surface area contributed by atoms with Gasteiger partial charge in [-0.15, -0.1) is 0 Å². The van der Waals surface area contributed by atoms with Crippen molar-refractivity contribution in [3.05, 3.63) is 35.9 Å². The van der Waals surface area contributed by atoms with E-state index in [2.05, 4.69) is 5.32 Å². The van der Waals surface area contributed by atoms with Gasteiger partial charge in [-0.3, -0.25) is 0 Å². The Balaban J connectivity index is 1.86. The number of ether oxygens (including phenoxy) is 1. The highest BCUT2D eigenvalue weighted by molar-refractivity contribution is 5.74. The maximum absolute atomic E-state index is 12.0. The molecule has 1 fully saturated rings. The number of nitrogens with zero attached hydrogens (tertiary/aromatic N) is 1. The van der Waals surface area contributed by atoms with Gasteiger partial charge in [-0.05, 0) is 12.0 Å². The first-order valence-corrected chi connectivity index (χ1v) is 6.57.